The number of alkyl carbamates (subject to hydrolysis) is 1. The smallest absolute Gasteiger partial charge is 0.408 e. The highest BCUT2D eigenvalue weighted by Gasteiger charge is 2.31. The Morgan fingerprint density at radius 1 is 1.42 bits per heavy atom. The summed E-state index contributed by atoms with van der Waals surface area (Å²) in [5.74, 6) is 3.08. The van der Waals surface area contributed by atoms with E-state index in [-0.39, 0.29) is 11.6 Å². The van der Waals surface area contributed by atoms with E-state index in [1.54, 1.807) is 50.5 Å². The van der Waals surface area contributed by atoms with Crippen molar-refractivity contribution in [3.05, 3.63) is 39.9 Å². The summed E-state index contributed by atoms with van der Waals surface area (Å²) in [6, 6.07) is 4.91. The van der Waals surface area contributed by atoms with Crippen LogP contribution in [0, 0.1) is 12.3 Å². The van der Waals surface area contributed by atoms with Gasteiger partial charge in [0.25, 0.3) is 5.56 Å². The van der Waals surface area contributed by atoms with Crippen molar-refractivity contribution >= 4 is 17.0 Å². The van der Waals surface area contributed by atoms with Gasteiger partial charge in [0.1, 0.15) is 11.4 Å². The maximum Gasteiger partial charge on any atom is 0.408 e. The van der Waals surface area contributed by atoms with E-state index < -0.39 is 17.7 Å². The lowest BCUT2D eigenvalue weighted by atomic mass is 10.1. The molecule has 1 aromatic heterocycles. The summed E-state index contributed by atoms with van der Waals surface area (Å²) >= 11 is 0. The molecule has 0 radical (unpaired) electrons. The van der Waals surface area contributed by atoms with E-state index in [9.17, 15) is 9.59 Å². The predicted molar refractivity (Wildman–Crippen MR) is 100.0 cm³/mol. The number of benzene rings is 1. The lowest BCUT2D eigenvalue weighted by Crippen LogP contribution is -2.37. The minimum Gasteiger partial charge on any atom is -0.444 e. The second-order valence-corrected chi connectivity index (χ2v) is 7.59. The van der Waals surface area contributed by atoms with Gasteiger partial charge in [0, 0.05) is 11.6 Å². The zero-order valence-electron chi connectivity index (χ0n) is 15.5. The molecule has 1 N–H and O–H groups in total. The number of carbonyl (C=O) groups is 1. The molecule has 1 aromatic carbocycles. The average molecular weight is 353 g/mol. The van der Waals surface area contributed by atoms with Crippen LogP contribution in [0.25, 0.3) is 10.9 Å². The Morgan fingerprint density at radius 2 is 2.12 bits per heavy atom. The molecule has 1 aliphatic rings. The van der Waals surface area contributed by atoms with Gasteiger partial charge in [-0.15, -0.1) is 6.42 Å². The van der Waals surface area contributed by atoms with Crippen LogP contribution in [0.15, 0.2) is 23.0 Å². The van der Waals surface area contributed by atoms with Gasteiger partial charge in [-0.3, -0.25) is 9.36 Å². The van der Waals surface area contributed by atoms with Gasteiger partial charge in [-0.25, -0.2) is 9.78 Å². The first-order chi connectivity index (χ1) is 12.2. The molecule has 6 nitrogen and oxygen atoms in total. The van der Waals surface area contributed by atoms with E-state index in [0.29, 0.717) is 22.3 Å². The highest BCUT2D eigenvalue weighted by atomic mass is 16.6. The second-order valence-electron chi connectivity index (χ2n) is 7.59. The summed E-state index contributed by atoms with van der Waals surface area (Å²) in [4.78, 5) is 29.9. The number of hydrogen-bond donors (Lipinski definition) is 1. The molecular formula is C20H23N3O3. The number of amides is 1. The fraction of sp³-hybridized carbons (Fsp3) is 0.450. The molecule has 3 rings (SSSR count). The number of nitrogens with one attached hydrogen (secondary N) is 1. The zero-order valence-corrected chi connectivity index (χ0v) is 15.5. The minimum atomic E-state index is -0.599. The molecule has 1 amide bonds. The van der Waals surface area contributed by atoms with Crippen LogP contribution in [0.3, 0.4) is 0 Å². The number of carbonyl (C=O) groups excluding carboxylic acids is 1. The Hall–Kier alpha value is -2.81. The number of rotatable bonds is 3. The van der Waals surface area contributed by atoms with Gasteiger partial charge < -0.3 is 10.1 Å². The van der Waals surface area contributed by atoms with E-state index in [0.717, 1.165) is 12.8 Å². The molecule has 0 saturated heterocycles. The van der Waals surface area contributed by atoms with Crippen LogP contribution in [-0.2, 0) is 4.74 Å². The van der Waals surface area contributed by atoms with Crippen molar-refractivity contribution in [3.8, 4) is 12.3 Å². The van der Waals surface area contributed by atoms with Crippen LogP contribution in [-0.4, -0.2) is 21.2 Å². The van der Waals surface area contributed by atoms with Crippen LogP contribution < -0.4 is 10.9 Å². The molecule has 6 heteroatoms. The Morgan fingerprint density at radius 3 is 2.69 bits per heavy atom. The van der Waals surface area contributed by atoms with Crippen molar-refractivity contribution in [1.29, 1.82) is 0 Å². The quantitative estimate of drug-likeness (QED) is 0.859. The summed E-state index contributed by atoms with van der Waals surface area (Å²) in [7, 11) is 0. The monoisotopic (exact) mass is 353 g/mol. The lowest BCUT2D eigenvalue weighted by Gasteiger charge is -2.23. The number of aromatic nitrogens is 2. The molecule has 26 heavy (non-hydrogen) atoms. The van der Waals surface area contributed by atoms with E-state index in [2.05, 4.69) is 16.2 Å². The van der Waals surface area contributed by atoms with E-state index >= 15 is 0 Å². The van der Waals surface area contributed by atoms with E-state index in [1.165, 1.54) is 0 Å². The lowest BCUT2D eigenvalue weighted by molar-refractivity contribution is 0.0504. The Labute approximate surface area is 152 Å². The molecule has 1 heterocycles. The third-order valence-electron chi connectivity index (χ3n) is 4.15. The van der Waals surface area contributed by atoms with Crippen molar-refractivity contribution in [1.82, 2.24) is 14.9 Å². The summed E-state index contributed by atoms with van der Waals surface area (Å²) in [6.45, 7) is 7.19. The molecule has 2 aromatic rings. The molecule has 0 bridgehead atoms. The normalized spacial score (nSPS) is 15.3. The highest BCUT2D eigenvalue weighted by Crippen LogP contribution is 2.36. The summed E-state index contributed by atoms with van der Waals surface area (Å²) in [5.41, 5.74) is 0.321. The number of ether oxygens (including phenoxy) is 1. The van der Waals surface area contributed by atoms with Crippen LogP contribution in [0.2, 0.25) is 0 Å². The van der Waals surface area contributed by atoms with Crippen molar-refractivity contribution in [3.63, 3.8) is 0 Å². The summed E-state index contributed by atoms with van der Waals surface area (Å²) < 4.78 is 6.98. The fourth-order valence-electron chi connectivity index (χ4n) is 2.92. The number of terminal acetylenes is 1. The topological polar surface area (TPSA) is 73.2 Å². The van der Waals surface area contributed by atoms with Crippen molar-refractivity contribution in [2.24, 2.45) is 0 Å². The maximum absolute atomic E-state index is 13.1. The molecule has 0 aliphatic heterocycles. The number of nitrogens with zero attached hydrogens (tertiary/aromatic N) is 2. The second kappa shape index (κ2) is 6.49. The highest BCUT2D eigenvalue weighted by molar-refractivity contribution is 5.84. The molecule has 1 fully saturated rings. The largest absolute Gasteiger partial charge is 0.444 e. The predicted octanol–water partition coefficient (Wildman–Crippen LogP) is 3.30. The van der Waals surface area contributed by atoms with Crippen LogP contribution in [0.5, 0.6) is 0 Å². The third kappa shape index (κ3) is 3.57. The Kier molecular flexibility index (Phi) is 4.49. The first-order valence-corrected chi connectivity index (χ1v) is 8.72. The van der Waals surface area contributed by atoms with Crippen molar-refractivity contribution in [2.45, 2.75) is 58.2 Å². The Balaban J connectivity index is 2.06. The van der Waals surface area contributed by atoms with Crippen molar-refractivity contribution in [2.75, 3.05) is 0 Å². The van der Waals surface area contributed by atoms with E-state index in [4.69, 9.17) is 11.2 Å². The number of fused-ring (bicyclic) bond motifs is 1. The molecule has 1 saturated carbocycles. The Bertz CT molecular complexity index is 959. The molecule has 0 spiro atoms. The first kappa shape index (κ1) is 18.0. The summed E-state index contributed by atoms with van der Waals surface area (Å²) in [5, 5.41) is 3.23. The number of hydrogen-bond acceptors (Lipinski definition) is 4. The van der Waals surface area contributed by atoms with Crippen molar-refractivity contribution < 1.29 is 9.53 Å². The van der Waals surface area contributed by atoms with Gasteiger partial charge in [0.05, 0.1) is 16.9 Å². The van der Waals surface area contributed by atoms with Gasteiger partial charge in [-0.1, -0.05) is 12.0 Å². The van der Waals surface area contributed by atoms with Gasteiger partial charge >= 0.3 is 6.09 Å². The van der Waals surface area contributed by atoms with Gasteiger partial charge in [0.2, 0.25) is 0 Å². The first-order valence-electron chi connectivity index (χ1n) is 8.72. The third-order valence-corrected chi connectivity index (χ3v) is 4.15. The standard InChI is InChI=1S/C20H23N3O3/c1-6-13-8-7-9-15-16(13)18(24)23(14-10-11-14)17(22-15)12(2)21-19(25)26-20(3,4)5/h1,7-9,12,14H,10-11H2,2-5H3,(H,21,25)/t12-/m0/s1. The van der Waals surface area contributed by atoms with Gasteiger partial charge in [-0.2, -0.15) is 0 Å². The SMILES string of the molecule is C#Cc1cccc2nc([C@H](C)NC(=O)OC(C)(C)C)n(C3CC3)c(=O)c12. The summed E-state index contributed by atoms with van der Waals surface area (Å²) in [6.07, 6.45) is 6.84. The zero-order chi connectivity index (χ0) is 19.1. The maximum atomic E-state index is 13.1. The molecule has 1 atom stereocenters. The van der Waals surface area contributed by atoms with Crippen LogP contribution in [0.1, 0.15) is 64.0 Å². The minimum absolute atomic E-state index is 0.100. The molecular weight excluding hydrogens is 330 g/mol. The van der Waals surface area contributed by atoms with Crippen LogP contribution >= 0.6 is 0 Å². The average Bonchev–Trinajstić information content (AvgIpc) is 3.36. The molecule has 0 unspecified atom stereocenters. The van der Waals surface area contributed by atoms with Crippen LogP contribution in [0.4, 0.5) is 4.79 Å². The fourth-order valence-corrected chi connectivity index (χ4v) is 2.92. The molecule has 1 aliphatic carbocycles. The van der Waals surface area contributed by atoms with Gasteiger partial charge in [-0.05, 0) is 52.7 Å². The van der Waals surface area contributed by atoms with E-state index in [1.807, 2.05) is 0 Å². The van der Waals surface area contributed by atoms with Gasteiger partial charge in [0.15, 0.2) is 0 Å². The molecule has 136 valence electrons.